The van der Waals surface area contributed by atoms with Gasteiger partial charge in [0.1, 0.15) is 5.75 Å². The molecule has 1 unspecified atom stereocenters. The maximum Gasteiger partial charge on any atom is 0.118 e. The van der Waals surface area contributed by atoms with Crippen LogP contribution in [-0.2, 0) is 6.42 Å². The highest BCUT2D eigenvalue weighted by Crippen LogP contribution is 2.22. The second-order valence-electron chi connectivity index (χ2n) is 5.18. The van der Waals surface area contributed by atoms with Crippen molar-refractivity contribution in [2.75, 3.05) is 26.2 Å². The molecule has 1 aliphatic heterocycles. The number of nitrogens with zero attached hydrogens (tertiary/aromatic N) is 1. The average molecular weight is 248 g/mol. The molecule has 18 heavy (non-hydrogen) atoms. The van der Waals surface area contributed by atoms with Crippen molar-refractivity contribution in [1.82, 2.24) is 10.2 Å². The minimum absolute atomic E-state index is 0.439. The van der Waals surface area contributed by atoms with Gasteiger partial charge in [0.15, 0.2) is 0 Å². The Morgan fingerprint density at radius 3 is 2.72 bits per heavy atom. The number of rotatable bonds is 4. The van der Waals surface area contributed by atoms with Gasteiger partial charge in [0, 0.05) is 32.2 Å². The zero-order chi connectivity index (χ0) is 13.0. The summed E-state index contributed by atoms with van der Waals surface area (Å²) >= 11 is 0. The highest BCUT2D eigenvalue weighted by atomic mass is 16.3. The van der Waals surface area contributed by atoms with E-state index < -0.39 is 0 Å². The van der Waals surface area contributed by atoms with Crippen molar-refractivity contribution in [3.63, 3.8) is 0 Å². The van der Waals surface area contributed by atoms with Crippen LogP contribution in [0.5, 0.6) is 5.75 Å². The Hall–Kier alpha value is -1.06. The average Bonchev–Trinajstić information content (AvgIpc) is 2.41. The van der Waals surface area contributed by atoms with Crippen molar-refractivity contribution in [1.29, 1.82) is 0 Å². The smallest absolute Gasteiger partial charge is 0.118 e. The molecule has 0 bridgehead atoms. The Morgan fingerprint density at radius 2 is 2.06 bits per heavy atom. The summed E-state index contributed by atoms with van der Waals surface area (Å²) < 4.78 is 0. The van der Waals surface area contributed by atoms with Crippen molar-refractivity contribution in [2.45, 2.75) is 32.7 Å². The molecule has 1 aliphatic rings. The lowest BCUT2D eigenvalue weighted by Gasteiger charge is -2.34. The number of phenols is 1. The molecule has 2 rings (SSSR count). The zero-order valence-electron chi connectivity index (χ0n) is 11.4. The number of piperazine rings is 1. The highest BCUT2D eigenvalue weighted by molar-refractivity contribution is 5.36. The number of phenolic OH excluding ortho intramolecular Hbond substituents is 1. The van der Waals surface area contributed by atoms with Crippen LogP contribution in [0.25, 0.3) is 0 Å². The normalized spacial score (nSPS) is 18.8. The summed E-state index contributed by atoms with van der Waals surface area (Å²) in [6.45, 7) is 8.71. The Morgan fingerprint density at radius 1 is 1.33 bits per heavy atom. The first-order chi connectivity index (χ1) is 8.70. The Bertz CT molecular complexity index is 386. The van der Waals surface area contributed by atoms with Crippen LogP contribution < -0.4 is 5.32 Å². The Kier molecular flexibility index (Phi) is 4.61. The topological polar surface area (TPSA) is 35.5 Å². The van der Waals surface area contributed by atoms with Gasteiger partial charge in [-0.2, -0.15) is 0 Å². The van der Waals surface area contributed by atoms with E-state index in [0.717, 1.165) is 44.6 Å². The van der Waals surface area contributed by atoms with Crippen molar-refractivity contribution in [2.24, 2.45) is 0 Å². The minimum Gasteiger partial charge on any atom is -0.508 e. The summed E-state index contributed by atoms with van der Waals surface area (Å²) in [4.78, 5) is 2.54. The number of aromatic hydroxyl groups is 1. The van der Waals surface area contributed by atoms with Crippen LogP contribution in [-0.4, -0.2) is 42.2 Å². The largest absolute Gasteiger partial charge is 0.508 e. The molecular formula is C15H24N2O. The van der Waals surface area contributed by atoms with Gasteiger partial charge in [-0.15, -0.1) is 0 Å². The van der Waals surface area contributed by atoms with E-state index in [1.807, 2.05) is 12.1 Å². The second-order valence-corrected chi connectivity index (χ2v) is 5.18. The van der Waals surface area contributed by atoms with Crippen LogP contribution in [0.1, 0.15) is 24.5 Å². The molecule has 3 heteroatoms. The molecule has 0 aromatic heterocycles. The second kappa shape index (κ2) is 6.21. The van der Waals surface area contributed by atoms with Gasteiger partial charge < -0.3 is 10.4 Å². The van der Waals surface area contributed by atoms with Gasteiger partial charge >= 0.3 is 0 Å². The van der Waals surface area contributed by atoms with Crippen LogP contribution in [0.4, 0.5) is 0 Å². The lowest BCUT2D eigenvalue weighted by molar-refractivity contribution is 0.167. The van der Waals surface area contributed by atoms with E-state index in [1.165, 1.54) is 5.56 Å². The zero-order valence-corrected chi connectivity index (χ0v) is 11.4. The van der Waals surface area contributed by atoms with Crippen LogP contribution in [0, 0.1) is 6.92 Å². The predicted octanol–water partition coefficient (Wildman–Crippen LogP) is 1.93. The monoisotopic (exact) mass is 248 g/mol. The fourth-order valence-corrected chi connectivity index (χ4v) is 2.71. The Labute approximate surface area is 110 Å². The molecule has 2 N–H and O–H groups in total. The molecule has 100 valence electrons. The molecule has 0 aliphatic carbocycles. The van der Waals surface area contributed by atoms with Crippen molar-refractivity contribution in [3.8, 4) is 5.75 Å². The van der Waals surface area contributed by atoms with E-state index in [-0.39, 0.29) is 0 Å². The summed E-state index contributed by atoms with van der Waals surface area (Å²) in [7, 11) is 0. The number of hydrogen-bond donors (Lipinski definition) is 2. The van der Waals surface area contributed by atoms with Crippen molar-refractivity contribution >= 4 is 0 Å². The number of aryl methyl sites for hydroxylation is 1. The van der Waals surface area contributed by atoms with E-state index in [1.54, 1.807) is 0 Å². The Balaban J connectivity index is 2.06. The van der Waals surface area contributed by atoms with Gasteiger partial charge in [-0.25, -0.2) is 0 Å². The molecule has 1 aromatic carbocycles. The molecule has 0 radical (unpaired) electrons. The van der Waals surface area contributed by atoms with Gasteiger partial charge in [-0.05, 0) is 31.4 Å². The standard InChI is InChI=1S/C15H24N2O/c1-3-14(17-8-6-16-7-9-17)11-13-10-12(2)4-5-15(13)18/h4-5,10,14,16,18H,3,6-9,11H2,1-2H3. The molecule has 0 saturated carbocycles. The molecular weight excluding hydrogens is 224 g/mol. The number of benzene rings is 1. The van der Waals surface area contributed by atoms with Crippen molar-refractivity contribution in [3.05, 3.63) is 29.3 Å². The van der Waals surface area contributed by atoms with Gasteiger partial charge in [-0.1, -0.05) is 24.6 Å². The van der Waals surface area contributed by atoms with E-state index in [4.69, 9.17) is 0 Å². The third kappa shape index (κ3) is 3.24. The van der Waals surface area contributed by atoms with Gasteiger partial charge in [0.2, 0.25) is 0 Å². The molecule has 0 spiro atoms. The van der Waals surface area contributed by atoms with E-state index in [2.05, 4.69) is 30.1 Å². The predicted molar refractivity (Wildman–Crippen MR) is 75.1 cm³/mol. The summed E-state index contributed by atoms with van der Waals surface area (Å²) in [6, 6.07) is 6.43. The first kappa shape index (κ1) is 13.4. The molecule has 1 fully saturated rings. The fourth-order valence-electron chi connectivity index (χ4n) is 2.71. The maximum absolute atomic E-state index is 9.95. The SMILES string of the molecule is CCC(Cc1cc(C)ccc1O)N1CCNCC1. The quantitative estimate of drug-likeness (QED) is 0.854. The summed E-state index contributed by atoms with van der Waals surface area (Å²) in [6.07, 6.45) is 2.08. The molecule has 1 aromatic rings. The van der Waals surface area contributed by atoms with Crippen LogP contribution in [0.2, 0.25) is 0 Å². The molecule has 3 nitrogen and oxygen atoms in total. The van der Waals surface area contributed by atoms with E-state index in [9.17, 15) is 5.11 Å². The highest BCUT2D eigenvalue weighted by Gasteiger charge is 2.20. The van der Waals surface area contributed by atoms with Crippen molar-refractivity contribution < 1.29 is 5.11 Å². The maximum atomic E-state index is 9.95. The first-order valence-electron chi connectivity index (χ1n) is 6.94. The van der Waals surface area contributed by atoms with Gasteiger partial charge in [0.25, 0.3) is 0 Å². The number of nitrogens with one attached hydrogen (secondary N) is 1. The van der Waals surface area contributed by atoms with Crippen LogP contribution in [0.3, 0.4) is 0 Å². The molecule has 1 atom stereocenters. The number of hydrogen-bond acceptors (Lipinski definition) is 3. The summed E-state index contributed by atoms with van der Waals surface area (Å²) in [5.74, 6) is 0.439. The molecule has 1 heterocycles. The summed E-state index contributed by atoms with van der Waals surface area (Å²) in [5, 5.41) is 13.3. The molecule has 0 amide bonds. The molecule has 1 saturated heterocycles. The lowest BCUT2D eigenvalue weighted by Crippen LogP contribution is -2.48. The first-order valence-corrected chi connectivity index (χ1v) is 6.94. The fraction of sp³-hybridized carbons (Fsp3) is 0.600. The summed E-state index contributed by atoms with van der Waals surface area (Å²) in [5.41, 5.74) is 2.30. The van der Waals surface area contributed by atoms with Crippen LogP contribution >= 0.6 is 0 Å². The minimum atomic E-state index is 0.439. The van der Waals surface area contributed by atoms with Gasteiger partial charge in [-0.3, -0.25) is 4.90 Å². The lowest BCUT2D eigenvalue weighted by atomic mass is 9.99. The van der Waals surface area contributed by atoms with E-state index >= 15 is 0 Å². The third-order valence-electron chi connectivity index (χ3n) is 3.83. The van der Waals surface area contributed by atoms with Gasteiger partial charge in [0.05, 0.1) is 0 Å². The van der Waals surface area contributed by atoms with E-state index in [0.29, 0.717) is 11.8 Å². The third-order valence-corrected chi connectivity index (χ3v) is 3.83. The van der Waals surface area contributed by atoms with Crippen LogP contribution in [0.15, 0.2) is 18.2 Å².